The Morgan fingerprint density at radius 1 is 1.18 bits per heavy atom. The molecule has 0 atom stereocenters. The zero-order chi connectivity index (χ0) is 15.5. The molecule has 6 nitrogen and oxygen atoms in total. The number of aromatic nitrogens is 2. The Kier molecular flexibility index (Phi) is 4.15. The maximum Gasteiger partial charge on any atom is 0.273 e. The van der Waals surface area contributed by atoms with Gasteiger partial charge in [-0.25, -0.2) is 4.98 Å². The molecule has 0 unspecified atom stereocenters. The third kappa shape index (κ3) is 2.99. The first kappa shape index (κ1) is 14.6. The minimum absolute atomic E-state index is 0.0552. The number of hydrogen-bond acceptors (Lipinski definition) is 5. The predicted molar refractivity (Wildman–Crippen MR) is 83.5 cm³/mol. The van der Waals surface area contributed by atoms with Crippen molar-refractivity contribution in [2.45, 2.75) is 6.92 Å². The van der Waals surface area contributed by atoms with E-state index in [0.29, 0.717) is 31.9 Å². The van der Waals surface area contributed by atoms with Crippen molar-refractivity contribution < 1.29 is 9.59 Å². The predicted octanol–water partition coefficient (Wildman–Crippen LogP) is 1.51. The van der Waals surface area contributed by atoms with E-state index in [4.69, 9.17) is 0 Å². The highest BCUT2D eigenvalue weighted by Crippen LogP contribution is 2.23. The number of hydrogen-bond donors (Lipinski definition) is 0. The molecule has 1 aliphatic heterocycles. The molecule has 2 aromatic rings. The van der Waals surface area contributed by atoms with Gasteiger partial charge in [-0.2, -0.15) is 0 Å². The van der Waals surface area contributed by atoms with Crippen LogP contribution < -0.4 is 0 Å². The first-order valence-corrected chi connectivity index (χ1v) is 7.94. The monoisotopic (exact) mass is 316 g/mol. The van der Waals surface area contributed by atoms with E-state index in [-0.39, 0.29) is 11.8 Å². The number of carbonyl (C=O) groups excluding carboxylic acids is 2. The van der Waals surface area contributed by atoms with E-state index in [1.807, 2.05) is 12.1 Å². The number of thiazole rings is 1. The first-order valence-electron chi connectivity index (χ1n) is 7.06. The van der Waals surface area contributed by atoms with Crippen LogP contribution in [0.25, 0.3) is 10.6 Å². The molecular weight excluding hydrogens is 300 g/mol. The second kappa shape index (κ2) is 6.23. The van der Waals surface area contributed by atoms with Crippen molar-refractivity contribution in [1.29, 1.82) is 0 Å². The van der Waals surface area contributed by atoms with Gasteiger partial charge in [0.2, 0.25) is 5.91 Å². The molecular formula is C15H16N4O2S. The van der Waals surface area contributed by atoms with Crippen LogP contribution in [0.4, 0.5) is 0 Å². The van der Waals surface area contributed by atoms with Gasteiger partial charge in [0, 0.05) is 56.4 Å². The van der Waals surface area contributed by atoms with Crippen molar-refractivity contribution in [1.82, 2.24) is 19.8 Å². The van der Waals surface area contributed by atoms with Crippen molar-refractivity contribution >= 4 is 23.2 Å². The summed E-state index contributed by atoms with van der Waals surface area (Å²) in [5.74, 6) is -0.0192. The minimum atomic E-state index is -0.0745. The molecule has 1 aliphatic rings. The van der Waals surface area contributed by atoms with Crippen molar-refractivity contribution in [3.05, 3.63) is 35.6 Å². The summed E-state index contributed by atoms with van der Waals surface area (Å²) in [6, 6.07) is 3.77. The van der Waals surface area contributed by atoms with Gasteiger partial charge in [0.25, 0.3) is 5.91 Å². The maximum absolute atomic E-state index is 12.5. The van der Waals surface area contributed by atoms with E-state index in [0.717, 1.165) is 10.6 Å². The summed E-state index contributed by atoms with van der Waals surface area (Å²) in [6.07, 6.45) is 3.44. The Hall–Kier alpha value is -2.28. The molecule has 3 rings (SSSR count). The molecule has 22 heavy (non-hydrogen) atoms. The zero-order valence-electron chi connectivity index (χ0n) is 12.2. The van der Waals surface area contributed by atoms with Gasteiger partial charge in [-0.3, -0.25) is 14.6 Å². The van der Waals surface area contributed by atoms with Crippen molar-refractivity contribution in [2.24, 2.45) is 0 Å². The summed E-state index contributed by atoms with van der Waals surface area (Å²) < 4.78 is 0. The highest BCUT2D eigenvalue weighted by molar-refractivity contribution is 7.13. The first-order chi connectivity index (χ1) is 10.6. The summed E-state index contributed by atoms with van der Waals surface area (Å²) in [4.78, 5) is 35.8. The Labute approximate surface area is 132 Å². The fraction of sp³-hybridized carbons (Fsp3) is 0.333. The lowest BCUT2D eigenvalue weighted by atomic mass is 10.3. The van der Waals surface area contributed by atoms with Crippen LogP contribution in [0.2, 0.25) is 0 Å². The second-order valence-electron chi connectivity index (χ2n) is 5.08. The third-order valence-electron chi connectivity index (χ3n) is 3.64. The van der Waals surface area contributed by atoms with Crippen LogP contribution in [0, 0.1) is 0 Å². The number of rotatable bonds is 2. The van der Waals surface area contributed by atoms with Gasteiger partial charge >= 0.3 is 0 Å². The minimum Gasteiger partial charge on any atom is -0.339 e. The number of pyridine rings is 1. The molecule has 3 heterocycles. The van der Waals surface area contributed by atoms with E-state index in [1.54, 1.807) is 34.5 Å². The Bertz CT molecular complexity index is 678. The molecule has 0 saturated carbocycles. The molecule has 2 amide bonds. The zero-order valence-corrected chi connectivity index (χ0v) is 13.0. The highest BCUT2D eigenvalue weighted by Gasteiger charge is 2.24. The summed E-state index contributed by atoms with van der Waals surface area (Å²) in [7, 11) is 0. The lowest BCUT2D eigenvalue weighted by molar-refractivity contribution is -0.130. The Balaban J connectivity index is 1.69. The largest absolute Gasteiger partial charge is 0.339 e. The molecule has 114 valence electrons. The van der Waals surface area contributed by atoms with Crippen LogP contribution in [0.5, 0.6) is 0 Å². The average Bonchev–Trinajstić information content (AvgIpc) is 3.05. The summed E-state index contributed by atoms with van der Waals surface area (Å²) in [5, 5.41) is 2.57. The second-order valence-corrected chi connectivity index (χ2v) is 5.94. The average molecular weight is 316 g/mol. The molecule has 0 bridgehead atoms. The fourth-order valence-electron chi connectivity index (χ4n) is 2.38. The standard InChI is InChI=1S/C15H16N4O2S/c1-11(20)18-5-7-19(8-6-18)15(21)13-10-22-14(17-13)12-3-2-4-16-9-12/h2-4,9-10H,5-8H2,1H3. The van der Waals surface area contributed by atoms with E-state index in [2.05, 4.69) is 9.97 Å². The van der Waals surface area contributed by atoms with Gasteiger partial charge in [0.05, 0.1) is 0 Å². The van der Waals surface area contributed by atoms with Gasteiger partial charge in [-0.1, -0.05) is 0 Å². The number of nitrogens with zero attached hydrogens (tertiary/aromatic N) is 4. The van der Waals surface area contributed by atoms with Gasteiger partial charge in [-0.05, 0) is 12.1 Å². The van der Waals surface area contributed by atoms with Crippen LogP contribution in [0.1, 0.15) is 17.4 Å². The topological polar surface area (TPSA) is 66.4 Å². The molecule has 0 aromatic carbocycles. The Morgan fingerprint density at radius 3 is 2.55 bits per heavy atom. The van der Waals surface area contributed by atoms with E-state index < -0.39 is 0 Å². The fourth-order valence-corrected chi connectivity index (χ4v) is 3.16. The van der Waals surface area contributed by atoms with Crippen molar-refractivity contribution in [3.63, 3.8) is 0 Å². The van der Waals surface area contributed by atoms with Crippen LogP contribution in [-0.4, -0.2) is 57.8 Å². The van der Waals surface area contributed by atoms with E-state index in [9.17, 15) is 9.59 Å². The lowest BCUT2D eigenvalue weighted by Crippen LogP contribution is -2.50. The lowest BCUT2D eigenvalue weighted by Gasteiger charge is -2.33. The Morgan fingerprint density at radius 2 is 1.91 bits per heavy atom. The van der Waals surface area contributed by atoms with Crippen molar-refractivity contribution in [3.8, 4) is 10.6 Å². The smallest absolute Gasteiger partial charge is 0.273 e. The molecule has 0 aliphatic carbocycles. The quantitative estimate of drug-likeness (QED) is 0.842. The summed E-state index contributed by atoms with van der Waals surface area (Å²) in [5.41, 5.74) is 1.37. The SMILES string of the molecule is CC(=O)N1CCN(C(=O)c2csc(-c3cccnc3)n2)CC1. The normalized spacial score (nSPS) is 15.0. The van der Waals surface area contributed by atoms with Gasteiger partial charge in [0.1, 0.15) is 10.7 Å². The van der Waals surface area contributed by atoms with Crippen LogP contribution >= 0.6 is 11.3 Å². The van der Waals surface area contributed by atoms with Gasteiger partial charge in [-0.15, -0.1) is 11.3 Å². The molecule has 1 fully saturated rings. The third-order valence-corrected chi connectivity index (χ3v) is 4.54. The van der Waals surface area contributed by atoms with E-state index >= 15 is 0 Å². The van der Waals surface area contributed by atoms with Crippen molar-refractivity contribution in [2.75, 3.05) is 26.2 Å². The molecule has 2 aromatic heterocycles. The van der Waals surface area contributed by atoms with Crippen LogP contribution in [0.3, 0.4) is 0 Å². The molecule has 1 saturated heterocycles. The number of carbonyl (C=O) groups is 2. The molecule has 7 heteroatoms. The molecule has 0 radical (unpaired) electrons. The number of piperazine rings is 1. The number of amides is 2. The molecule has 0 N–H and O–H groups in total. The van der Waals surface area contributed by atoms with Gasteiger partial charge in [0.15, 0.2) is 0 Å². The van der Waals surface area contributed by atoms with Crippen LogP contribution in [-0.2, 0) is 4.79 Å². The molecule has 0 spiro atoms. The summed E-state index contributed by atoms with van der Waals surface area (Å²) in [6.45, 7) is 3.83. The maximum atomic E-state index is 12.5. The summed E-state index contributed by atoms with van der Waals surface area (Å²) >= 11 is 1.44. The van der Waals surface area contributed by atoms with E-state index in [1.165, 1.54) is 11.3 Å². The highest BCUT2D eigenvalue weighted by atomic mass is 32.1. The van der Waals surface area contributed by atoms with Gasteiger partial charge < -0.3 is 9.80 Å². The van der Waals surface area contributed by atoms with Crippen LogP contribution in [0.15, 0.2) is 29.9 Å².